The summed E-state index contributed by atoms with van der Waals surface area (Å²) >= 11 is 0. The SMILES string of the molecule is C=CCCc1cnc(C(=O)C(C)C)c(NC(C)=O)c1. The third kappa shape index (κ3) is 4.32. The molecule has 1 N–H and O–H groups in total. The van der Waals surface area contributed by atoms with E-state index < -0.39 is 0 Å². The number of hydrogen-bond donors (Lipinski definition) is 1. The van der Waals surface area contributed by atoms with E-state index in [0.717, 1.165) is 18.4 Å². The first-order chi connectivity index (χ1) is 8.95. The van der Waals surface area contributed by atoms with Crippen molar-refractivity contribution in [3.63, 3.8) is 0 Å². The van der Waals surface area contributed by atoms with E-state index in [1.807, 2.05) is 26.0 Å². The number of carbonyl (C=O) groups is 2. The van der Waals surface area contributed by atoms with Crippen LogP contribution in [0.5, 0.6) is 0 Å². The van der Waals surface area contributed by atoms with Gasteiger partial charge in [-0.25, -0.2) is 0 Å². The molecule has 0 unspecified atom stereocenters. The monoisotopic (exact) mass is 260 g/mol. The third-order valence-electron chi connectivity index (χ3n) is 2.65. The molecule has 0 radical (unpaired) electrons. The number of rotatable bonds is 6. The lowest BCUT2D eigenvalue weighted by atomic mass is 10.0. The molecule has 4 nitrogen and oxygen atoms in total. The van der Waals surface area contributed by atoms with Crippen molar-refractivity contribution in [1.82, 2.24) is 4.98 Å². The van der Waals surface area contributed by atoms with Gasteiger partial charge in [-0.05, 0) is 24.5 Å². The Bertz CT molecular complexity index is 493. The Balaban J connectivity index is 3.12. The molecule has 0 spiro atoms. The van der Waals surface area contributed by atoms with E-state index in [0.29, 0.717) is 11.4 Å². The highest BCUT2D eigenvalue weighted by molar-refractivity contribution is 6.03. The lowest BCUT2D eigenvalue weighted by molar-refractivity contribution is -0.114. The Hall–Kier alpha value is -1.97. The van der Waals surface area contributed by atoms with Crippen LogP contribution < -0.4 is 5.32 Å². The first-order valence-electron chi connectivity index (χ1n) is 6.37. The largest absolute Gasteiger partial charge is 0.324 e. The highest BCUT2D eigenvalue weighted by Crippen LogP contribution is 2.19. The van der Waals surface area contributed by atoms with Crippen LogP contribution in [0.4, 0.5) is 5.69 Å². The van der Waals surface area contributed by atoms with Gasteiger partial charge >= 0.3 is 0 Å². The summed E-state index contributed by atoms with van der Waals surface area (Å²) in [5.41, 5.74) is 1.80. The van der Waals surface area contributed by atoms with Crippen LogP contribution in [0.25, 0.3) is 0 Å². The molecule has 4 heteroatoms. The Morgan fingerprint density at radius 1 is 1.47 bits per heavy atom. The van der Waals surface area contributed by atoms with Gasteiger partial charge in [0.25, 0.3) is 0 Å². The molecule has 1 amide bonds. The second-order valence-corrected chi connectivity index (χ2v) is 4.77. The van der Waals surface area contributed by atoms with Crippen LogP contribution >= 0.6 is 0 Å². The molecule has 0 aliphatic carbocycles. The number of Topliss-reactive ketones (excluding diaryl/α,β-unsaturated/α-hetero) is 1. The zero-order chi connectivity index (χ0) is 14.4. The molecule has 1 heterocycles. The summed E-state index contributed by atoms with van der Waals surface area (Å²) in [6, 6.07) is 1.81. The fourth-order valence-corrected chi connectivity index (χ4v) is 1.67. The number of hydrogen-bond acceptors (Lipinski definition) is 3. The average molecular weight is 260 g/mol. The predicted octanol–water partition coefficient (Wildman–Crippen LogP) is 3.00. The van der Waals surface area contributed by atoms with Crippen LogP contribution in [0, 0.1) is 5.92 Å². The number of aromatic nitrogens is 1. The van der Waals surface area contributed by atoms with Crippen LogP contribution in [0.1, 0.15) is 43.2 Å². The molecule has 19 heavy (non-hydrogen) atoms. The van der Waals surface area contributed by atoms with Gasteiger partial charge in [0.15, 0.2) is 5.78 Å². The van der Waals surface area contributed by atoms with Crippen molar-refractivity contribution in [3.8, 4) is 0 Å². The van der Waals surface area contributed by atoms with Crippen molar-refractivity contribution in [1.29, 1.82) is 0 Å². The number of allylic oxidation sites excluding steroid dienone is 1. The van der Waals surface area contributed by atoms with E-state index >= 15 is 0 Å². The van der Waals surface area contributed by atoms with E-state index in [1.54, 1.807) is 6.20 Å². The standard InChI is InChI=1S/C15H20N2O2/c1-5-6-7-12-8-13(17-11(4)18)14(16-9-12)15(19)10(2)3/h5,8-10H,1,6-7H2,2-4H3,(H,17,18). The van der Waals surface area contributed by atoms with E-state index in [4.69, 9.17) is 0 Å². The molecule has 1 rings (SSSR count). The first kappa shape index (κ1) is 15.1. The molecule has 0 atom stereocenters. The van der Waals surface area contributed by atoms with Crippen LogP contribution in [0.15, 0.2) is 24.9 Å². The van der Waals surface area contributed by atoms with Gasteiger partial charge < -0.3 is 5.32 Å². The van der Waals surface area contributed by atoms with Crippen molar-refractivity contribution in [2.75, 3.05) is 5.32 Å². The molecule has 0 fully saturated rings. The van der Waals surface area contributed by atoms with Crippen molar-refractivity contribution >= 4 is 17.4 Å². The minimum Gasteiger partial charge on any atom is -0.324 e. The van der Waals surface area contributed by atoms with E-state index in [-0.39, 0.29) is 17.6 Å². The molecular formula is C15H20N2O2. The predicted molar refractivity (Wildman–Crippen MR) is 76.2 cm³/mol. The Kier molecular flexibility index (Phi) is 5.42. The second-order valence-electron chi connectivity index (χ2n) is 4.77. The van der Waals surface area contributed by atoms with Crippen molar-refractivity contribution in [2.45, 2.75) is 33.6 Å². The van der Waals surface area contributed by atoms with Crippen LogP contribution in [-0.4, -0.2) is 16.7 Å². The molecular weight excluding hydrogens is 240 g/mol. The van der Waals surface area contributed by atoms with Crippen molar-refractivity contribution < 1.29 is 9.59 Å². The number of nitrogens with zero attached hydrogens (tertiary/aromatic N) is 1. The quantitative estimate of drug-likeness (QED) is 0.632. The van der Waals surface area contributed by atoms with Crippen LogP contribution in [0.3, 0.4) is 0 Å². The van der Waals surface area contributed by atoms with Gasteiger partial charge in [0, 0.05) is 19.0 Å². The molecule has 102 valence electrons. The topological polar surface area (TPSA) is 59.1 Å². The zero-order valence-electron chi connectivity index (χ0n) is 11.7. The summed E-state index contributed by atoms with van der Waals surface area (Å²) in [7, 11) is 0. The van der Waals surface area contributed by atoms with Crippen molar-refractivity contribution in [3.05, 3.63) is 36.2 Å². The van der Waals surface area contributed by atoms with Crippen molar-refractivity contribution in [2.24, 2.45) is 5.92 Å². The van der Waals surface area contributed by atoms with Gasteiger partial charge in [0.1, 0.15) is 5.69 Å². The normalized spacial score (nSPS) is 10.3. The number of anilines is 1. The minimum atomic E-state index is -0.208. The van der Waals surface area contributed by atoms with Gasteiger partial charge in [0.2, 0.25) is 5.91 Å². The van der Waals surface area contributed by atoms with Gasteiger partial charge in [-0.15, -0.1) is 6.58 Å². The summed E-state index contributed by atoms with van der Waals surface area (Å²) in [5, 5.41) is 2.68. The smallest absolute Gasteiger partial charge is 0.221 e. The molecule has 0 bridgehead atoms. The first-order valence-corrected chi connectivity index (χ1v) is 6.37. The molecule has 1 aromatic heterocycles. The second kappa shape index (κ2) is 6.83. The van der Waals surface area contributed by atoms with Gasteiger partial charge in [-0.1, -0.05) is 19.9 Å². The fourth-order valence-electron chi connectivity index (χ4n) is 1.67. The Morgan fingerprint density at radius 3 is 2.68 bits per heavy atom. The average Bonchev–Trinajstić information content (AvgIpc) is 2.35. The molecule has 1 aromatic rings. The molecule has 0 aliphatic rings. The molecule has 0 aliphatic heterocycles. The lowest BCUT2D eigenvalue weighted by Gasteiger charge is -2.11. The maximum absolute atomic E-state index is 12.0. The van der Waals surface area contributed by atoms with Gasteiger partial charge in [-0.2, -0.15) is 0 Å². The van der Waals surface area contributed by atoms with Crippen LogP contribution in [0.2, 0.25) is 0 Å². The number of amides is 1. The van der Waals surface area contributed by atoms with E-state index in [2.05, 4.69) is 16.9 Å². The summed E-state index contributed by atoms with van der Waals surface area (Å²) in [4.78, 5) is 27.5. The Labute approximate surface area is 113 Å². The number of ketones is 1. The molecule has 0 aromatic carbocycles. The maximum Gasteiger partial charge on any atom is 0.221 e. The lowest BCUT2D eigenvalue weighted by Crippen LogP contribution is -2.16. The summed E-state index contributed by atoms with van der Waals surface area (Å²) in [6.07, 6.45) is 5.13. The zero-order valence-corrected chi connectivity index (χ0v) is 11.7. The number of aryl methyl sites for hydroxylation is 1. The van der Waals surface area contributed by atoms with Crippen LogP contribution in [-0.2, 0) is 11.2 Å². The highest BCUT2D eigenvalue weighted by atomic mass is 16.1. The maximum atomic E-state index is 12.0. The molecule has 0 saturated carbocycles. The Morgan fingerprint density at radius 2 is 2.16 bits per heavy atom. The molecule has 0 saturated heterocycles. The number of nitrogens with one attached hydrogen (secondary N) is 1. The fraction of sp³-hybridized carbons (Fsp3) is 0.400. The summed E-state index contributed by atoms with van der Waals surface area (Å²) < 4.78 is 0. The number of carbonyl (C=O) groups excluding carboxylic acids is 2. The van der Waals surface area contributed by atoms with E-state index in [1.165, 1.54) is 6.92 Å². The third-order valence-corrected chi connectivity index (χ3v) is 2.65. The highest BCUT2D eigenvalue weighted by Gasteiger charge is 2.17. The summed E-state index contributed by atoms with van der Waals surface area (Å²) in [6.45, 7) is 8.71. The summed E-state index contributed by atoms with van der Waals surface area (Å²) in [5.74, 6) is -0.432. The minimum absolute atomic E-state index is 0.0704. The van der Waals surface area contributed by atoms with E-state index in [9.17, 15) is 9.59 Å². The van der Waals surface area contributed by atoms with Gasteiger partial charge in [0.05, 0.1) is 5.69 Å². The number of pyridine rings is 1. The van der Waals surface area contributed by atoms with Gasteiger partial charge in [-0.3, -0.25) is 14.6 Å².